The second kappa shape index (κ2) is 13.3. The zero-order valence-electron chi connectivity index (χ0n) is 21.9. The highest BCUT2D eigenvalue weighted by Crippen LogP contribution is 2.31. The summed E-state index contributed by atoms with van der Waals surface area (Å²) >= 11 is 0. The van der Waals surface area contributed by atoms with Gasteiger partial charge in [-0.15, -0.1) is 0 Å². The van der Waals surface area contributed by atoms with E-state index in [2.05, 4.69) is 6.92 Å². The third kappa shape index (κ3) is 6.71. The van der Waals surface area contributed by atoms with E-state index in [4.69, 9.17) is 18.6 Å². The van der Waals surface area contributed by atoms with Crippen molar-refractivity contribution in [1.82, 2.24) is 0 Å². The van der Waals surface area contributed by atoms with Gasteiger partial charge < -0.3 is 44.2 Å². The van der Waals surface area contributed by atoms with Crippen LogP contribution in [0.5, 0.6) is 17.2 Å². The first kappa shape index (κ1) is 28.8. The van der Waals surface area contributed by atoms with Crippen LogP contribution in [-0.4, -0.2) is 69.5 Å². The molecule has 1 aromatic heterocycles. The summed E-state index contributed by atoms with van der Waals surface area (Å²) in [4.78, 5) is 13.2. The molecule has 10 nitrogen and oxygen atoms in total. The normalized spacial score (nSPS) is 23.2. The molecule has 0 spiro atoms. The number of aliphatic hydroxyl groups excluding tert-OH is 4. The van der Waals surface area contributed by atoms with Crippen molar-refractivity contribution in [3.05, 3.63) is 52.9 Å². The molecular weight excluding hydrogens is 508 g/mol. The summed E-state index contributed by atoms with van der Waals surface area (Å²) in [5, 5.41) is 50.0. The summed E-state index contributed by atoms with van der Waals surface area (Å²) in [6.07, 6.45) is 1.10. The molecule has 1 fully saturated rings. The fraction of sp³-hybridized carbons (Fsp3) is 0.483. The average Bonchev–Trinajstić information content (AvgIpc) is 2.93. The van der Waals surface area contributed by atoms with E-state index in [1.807, 2.05) is 0 Å². The lowest BCUT2D eigenvalue weighted by molar-refractivity contribution is -0.277. The third-order valence-electron chi connectivity index (χ3n) is 6.86. The molecule has 2 heterocycles. The van der Waals surface area contributed by atoms with E-state index in [9.17, 15) is 30.3 Å². The monoisotopic (exact) mass is 544 g/mol. The van der Waals surface area contributed by atoms with Gasteiger partial charge in [-0.1, -0.05) is 51.2 Å². The van der Waals surface area contributed by atoms with Gasteiger partial charge in [0.15, 0.2) is 0 Å². The highest BCUT2D eigenvalue weighted by atomic mass is 16.7. The van der Waals surface area contributed by atoms with Crippen molar-refractivity contribution in [2.75, 3.05) is 13.2 Å². The minimum absolute atomic E-state index is 0.0426. The predicted molar refractivity (Wildman–Crippen MR) is 143 cm³/mol. The number of benzene rings is 2. The number of aromatic hydroxyl groups is 1. The van der Waals surface area contributed by atoms with Crippen molar-refractivity contribution < 1.29 is 44.2 Å². The van der Waals surface area contributed by atoms with Crippen LogP contribution in [0.15, 0.2) is 51.9 Å². The summed E-state index contributed by atoms with van der Waals surface area (Å²) in [6.45, 7) is 2.12. The molecule has 0 bridgehead atoms. The number of hydrogen-bond acceptors (Lipinski definition) is 10. The number of ether oxygens (including phenoxy) is 3. The number of phenols is 1. The zero-order chi connectivity index (χ0) is 27.9. The van der Waals surface area contributed by atoms with Crippen molar-refractivity contribution in [3.8, 4) is 28.4 Å². The second-order valence-corrected chi connectivity index (χ2v) is 9.75. The van der Waals surface area contributed by atoms with Crippen LogP contribution in [0.2, 0.25) is 0 Å². The lowest BCUT2D eigenvalue weighted by Gasteiger charge is -2.39. The Morgan fingerprint density at radius 2 is 1.62 bits per heavy atom. The van der Waals surface area contributed by atoms with Crippen LogP contribution in [-0.2, 0) is 4.74 Å². The van der Waals surface area contributed by atoms with Crippen LogP contribution in [0.25, 0.3) is 22.1 Å². The molecule has 0 unspecified atom stereocenters. The first-order chi connectivity index (χ1) is 18.8. The Bertz CT molecular complexity index is 1270. The van der Waals surface area contributed by atoms with Crippen LogP contribution in [0, 0.1) is 0 Å². The maximum atomic E-state index is 13.2. The fourth-order valence-electron chi connectivity index (χ4n) is 4.57. The van der Waals surface area contributed by atoms with Gasteiger partial charge in [0, 0.05) is 12.1 Å². The fourth-order valence-corrected chi connectivity index (χ4v) is 4.57. The van der Waals surface area contributed by atoms with Gasteiger partial charge in [0.05, 0.1) is 18.8 Å². The number of aliphatic hydroxyl groups is 4. The molecule has 39 heavy (non-hydrogen) atoms. The largest absolute Gasteiger partial charge is 0.507 e. The molecule has 2 aromatic carbocycles. The molecule has 0 aliphatic carbocycles. The molecule has 10 heteroatoms. The molecule has 1 aliphatic rings. The van der Waals surface area contributed by atoms with Gasteiger partial charge in [-0.25, -0.2) is 0 Å². The molecule has 4 rings (SSSR count). The van der Waals surface area contributed by atoms with E-state index in [-0.39, 0.29) is 28.0 Å². The van der Waals surface area contributed by atoms with Crippen LogP contribution in [0.3, 0.4) is 0 Å². The van der Waals surface area contributed by atoms with Gasteiger partial charge in [-0.2, -0.15) is 0 Å². The summed E-state index contributed by atoms with van der Waals surface area (Å²) in [7, 11) is 0. The summed E-state index contributed by atoms with van der Waals surface area (Å²) < 4.78 is 22.4. The maximum Gasteiger partial charge on any atom is 0.229 e. The van der Waals surface area contributed by atoms with Crippen LogP contribution >= 0.6 is 0 Å². The quantitative estimate of drug-likeness (QED) is 0.215. The SMILES string of the molecule is CCCCCCCCOc1cc(O)c2c(=O)c(-c3ccc(O[C@H]4O[C@@H](CO)[C@@H](O)[C@@H](O)[C@@H]4O)cc3)coc2c1. The Balaban J connectivity index is 1.44. The second-order valence-electron chi connectivity index (χ2n) is 9.75. The highest BCUT2D eigenvalue weighted by Gasteiger charge is 2.44. The number of unbranched alkanes of at least 4 members (excludes halogenated alkanes) is 5. The summed E-state index contributed by atoms with van der Waals surface area (Å²) in [6, 6.07) is 9.24. The molecule has 0 amide bonds. The Labute approximate surface area is 226 Å². The van der Waals surface area contributed by atoms with E-state index in [0.29, 0.717) is 17.9 Å². The van der Waals surface area contributed by atoms with Crippen molar-refractivity contribution >= 4 is 11.0 Å². The van der Waals surface area contributed by atoms with Crippen molar-refractivity contribution in [2.45, 2.75) is 76.2 Å². The van der Waals surface area contributed by atoms with Gasteiger partial charge >= 0.3 is 0 Å². The standard InChI is InChI=1S/C29H36O10/c1-2-3-4-5-6-7-12-36-19-13-21(31)24-22(14-19)37-16-20(25(24)32)17-8-10-18(11-9-17)38-29-28(35)27(34)26(33)23(15-30)39-29/h8-11,13-14,16,23,26-31,33-35H,2-7,12,15H2,1H3/t23-,26+,27+,28-,29-/m0/s1. The van der Waals surface area contributed by atoms with Gasteiger partial charge in [-0.05, 0) is 24.1 Å². The van der Waals surface area contributed by atoms with Gasteiger partial charge in [-0.3, -0.25) is 4.79 Å². The van der Waals surface area contributed by atoms with Crippen molar-refractivity contribution in [2.24, 2.45) is 0 Å². The molecule has 0 radical (unpaired) electrons. The number of fused-ring (bicyclic) bond motifs is 1. The van der Waals surface area contributed by atoms with Gasteiger partial charge in [0.1, 0.15) is 58.9 Å². The predicted octanol–water partition coefficient (Wildman–Crippen LogP) is 3.08. The van der Waals surface area contributed by atoms with Gasteiger partial charge in [0.2, 0.25) is 11.7 Å². The molecular formula is C29H36O10. The molecule has 1 aliphatic heterocycles. The molecule has 3 aromatic rings. The zero-order valence-corrected chi connectivity index (χ0v) is 21.9. The van der Waals surface area contributed by atoms with E-state index >= 15 is 0 Å². The lowest BCUT2D eigenvalue weighted by Crippen LogP contribution is -2.60. The maximum absolute atomic E-state index is 13.2. The molecule has 1 saturated heterocycles. The minimum Gasteiger partial charge on any atom is -0.507 e. The van der Waals surface area contributed by atoms with E-state index in [1.165, 1.54) is 50.1 Å². The highest BCUT2D eigenvalue weighted by molar-refractivity contribution is 5.88. The molecule has 5 atom stereocenters. The third-order valence-corrected chi connectivity index (χ3v) is 6.86. The minimum atomic E-state index is -1.56. The van der Waals surface area contributed by atoms with E-state index < -0.39 is 42.7 Å². The summed E-state index contributed by atoms with van der Waals surface area (Å²) in [5.74, 6) is 0.450. The van der Waals surface area contributed by atoms with Crippen molar-refractivity contribution in [1.29, 1.82) is 0 Å². The first-order valence-corrected chi connectivity index (χ1v) is 13.3. The number of phenolic OH excluding ortho intramolecular Hbond substituents is 1. The lowest BCUT2D eigenvalue weighted by atomic mass is 9.99. The van der Waals surface area contributed by atoms with Gasteiger partial charge in [0.25, 0.3) is 0 Å². The van der Waals surface area contributed by atoms with E-state index in [0.717, 1.165) is 12.8 Å². The van der Waals surface area contributed by atoms with Crippen molar-refractivity contribution in [3.63, 3.8) is 0 Å². The Morgan fingerprint density at radius 3 is 2.33 bits per heavy atom. The average molecular weight is 545 g/mol. The molecule has 212 valence electrons. The topological polar surface area (TPSA) is 159 Å². The Hall–Kier alpha value is -3.15. The number of rotatable bonds is 12. The molecule has 5 N–H and O–H groups in total. The first-order valence-electron chi connectivity index (χ1n) is 13.3. The smallest absolute Gasteiger partial charge is 0.229 e. The Kier molecular flexibility index (Phi) is 9.82. The van der Waals surface area contributed by atoms with Crippen LogP contribution in [0.4, 0.5) is 0 Å². The van der Waals surface area contributed by atoms with E-state index in [1.54, 1.807) is 18.2 Å². The van der Waals surface area contributed by atoms with Crippen LogP contribution in [0.1, 0.15) is 45.4 Å². The molecule has 0 saturated carbocycles. The Morgan fingerprint density at radius 1 is 0.897 bits per heavy atom. The summed E-state index contributed by atoms with van der Waals surface area (Å²) in [5.41, 5.74) is 0.510. The van der Waals surface area contributed by atoms with Crippen LogP contribution < -0.4 is 14.9 Å². The number of hydrogen-bond donors (Lipinski definition) is 5.